The van der Waals surface area contributed by atoms with Gasteiger partial charge in [0.05, 0.1) is 29.1 Å². The van der Waals surface area contributed by atoms with Gasteiger partial charge >= 0.3 is 0 Å². The lowest BCUT2D eigenvalue weighted by Gasteiger charge is -2.34. The Morgan fingerprint density at radius 1 is 1.03 bits per heavy atom. The van der Waals surface area contributed by atoms with Crippen LogP contribution >= 0.6 is 0 Å². The van der Waals surface area contributed by atoms with Crippen LogP contribution in [0.5, 0.6) is 5.75 Å². The van der Waals surface area contributed by atoms with Crippen molar-refractivity contribution in [2.75, 3.05) is 5.32 Å². The summed E-state index contributed by atoms with van der Waals surface area (Å²) in [6, 6.07) is 10.5. The second-order valence-electron chi connectivity index (χ2n) is 9.76. The van der Waals surface area contributed by atoms with Gasteiger partial charge in [-0.2, -0.15) is 0 Å². The maximum atomic E-state index is 13.0. The molecule has 1 aliphatic heterocycles. The fraction of sp³-hybridized carbons (Fsp3) is 0.360. The van der Waals surface area contributed by atoms with Crippen molar-refractivity contribution in [3.05, 3.63) is 60.0 Å². The molecule has 0 saturated heterocycles. The molecule has 0 saturated carbocycles. The van der Waals surface area contributed by atoms with Crippen LogP contribution in [0.1, 0.15) is 45.9 Å². The van der Waals surface area contributed by atoms with Gasteiger partial charge in [-0.3, -0.25) is 4.98 Å². The molecule has 0 spiro atoms. The molecule has 0 radical (unpaired) electrons. The van der Waals surface area contributed by atoms with Gasteiger partial charge in [-0.1, -0.05) is 18.2 Å². The molecule has 4 rings (SSSR count). The summed E-state index contributed by atoms with van der Waals surface area (Å²) in [4.78, 5) is 9.16. The van der Waals surface area contributed by atoms with Gasteiger partial charge in [0.25, 0.3) is 0 Å². The number of ether oxygens (including phenoxy) is 2. The topological polar surface area (TPSA) is 102 Å². The first-order chi connectivity index (χ1) is 15.8. The molecule has 0 atom stereocenters. The number of nitrogens with one attached hydrogen (secondary N) is 2. The first kappa shape index (κ1) is 24.1. The van der Waals surface area contributed by atoms with Crippen LogP contribution in [0, 0.1) is 6.92 Å². The largest absolute Gasteiger partial charge is 0.461 e. The molecule has 0 unspecified atom stereocenters. The molecule has 9 heteroatoms. The Kier molecular flexibility index (Phi) is 6.14. The Labute approximate surface area is 200 Å². The summed E-state index contributed by atoms with van der Waals surface area (Å²) in [5.41, 5.74) is 3.09. The van der Waals surface area contributed by atoms with Crippen molar-refractivity contribution < 1.29 is 17.9 Å². The summed E-state index contributed by atoms with van der Waals surface area (Å²) < 4.78 is 40.5. The Morgan fingerprint density at radius 3 is 2.44 bits per heavy atom. The molecule has 1 aliphatic rings. The van der Waals surface area contributed by atoms with E-state index in [9.17, 15) is 8.42 Å². The van der Waals surface area contributed by atoms with Crippen LogP contribution in [0.25, 0.3) is 11.1 Å². The summed E-state index contributed by atoms with van der Waals surface area (Å²) in [6.45, 7) is 11.4. The molecule has 0 bridgehead atoms. The maximum Gasteiger partial charge on any atom is 0.241 e. The van der Waals surface area contributed by atoms with Crippen LogP contribution in [0.15, 0.2) is 53.7 Å². The highest BCUT2D eigenvalue weighted by molar-refractivity contribution is 7.89. The van der Waals surface area contributed by atoms with Crippen LogP contribution in [0.4, 0.5) is 11.5 Å². The van der Waals surface area contributed by atoms with E-state index in [4.69, 9.17) is 9.47 Å². The van der Waals surface area contributed by atoms with Crippen molar-refractivity contribution in [3.8, 4) is 16.9 Å². The molecule has 2 aromatic heterocycles. The third kappa shape index (κ3) is 5.22. The number of pyridine rings is 2. The van der Waals surface area contributed by atoms with Gasteiger partial charge in [0.2, 0.25) is 15.8 Å². The number of hydrogen-bond acceptors (Lipinski definition) is 7. The first-order valence-electron chi connectivity index (χ1n) is 11.0. The zero-order valence-electron chi connectivity index (χ0n) is 20.3. The lowest BCUT2D eigenvalue weighted by atomic mass is 10.1. The second-order valence-corrected chi connectivity index (χ2v) is 11.4. The molecule has 1 aromatic carbocycles. The third-order valence-corrected chi connectivity index (χ3v) is 7.00. The number of rotatable bonds is 5. The minimum Gasteiger partial charge on any atom is -0.461 e. The number of sulfonamides is 1. The average Bonchev–Trinajstić information content (AvgIpc) is 2.74. The van der Waals surface area contributed by atoms with Crippen molar-refractivity contribution >= 4 is 21.5 Å². The zero-order chi connectivity index (χ0) is 24.7. The quantitative estimate of drug-likeness (QED) is 0.532. The first-order valence-corrected chi connectivity index (χ1v) is 12.5. The molecule has 180 valence electrons. The second kappa shape index (κ2) is 8.65. The Hall–Kier alpha value is -3.01. The highest BCUT2D eigenvalue weighted by Crippen LogP contribution is 2.38. The molecule has 3 aromatic rings. The number of benzene rings is 1. The normalized spacial score (nSPS) is 15.4. The molecule has 8 nitrogen and oxygen atoms in total. The van der Waals surface area contributed by atoms with Crippen LogP contribution in [0.3, 0.4) is 0 Å². The number of aromatic nitrogens is 2. The Morgan fingerprint density at radius 2 is 1.76 bits per heavy atom. The maximum absolute atomic E-state index is 13.0. The SMILES string of the molecule is Cc1ncc(Nc2ccc(-c3ccccc3S(=O)(=O)NC(C)(C)C)cn2)c2c1OC(C)(C)OC2. The molecule has 0 amide bonds. The van der Waals surface area contributed by atoms with Crippen molar-refractivity contribution in [2.45, 2.75) is 64.4 Å². The van der Waals surface area contributed by atoms with Gasteiger partial charge in [-0.05, 0) is 45.9 Å². The van der Waals surface area contributed by atoms with E-state index in [0.29, 0.717) is 29.3 Å². The predicted molar refractivity (Wildman–Crippen MR) is 132 cm³/mol. The van der Waals surface area contributed by atoms with Crippen molar-refractivity contribution in [1.29, 1.82) is 0 Å². The lowest BCUT2D eigenvalue weighted by molar-refractivity contribution is -0.180. The van der Waals surface area contributed by atoms with Crippen LogP contribution in [-0.2, 0) is 21.4 Å². The fourth-order valence-electron chi connectivity index (χ4n) is 3.71. The number of nitrogens with zero attached hydrogens (tertiary/aromatic N) is 2. The van der Waals surface area contributed by atoms with Crippen LogP contribution in [-0.4, -0.2) is 29.7 Å². The van der Waals surface area contributed by atoms with E-state index >= 15 is 0 Å². The van der Waals surface area contributed by atoms with Crippen molar-refractivity contribution in [3.63, 3.8) is 0 Å². The number of hydrogen-bond donors (Lipinski definition) is 2. The van der Waals surface area contributed by atoms with Gasteiger partial charge < -0.3 is 14.8 Å². The molecule has 34 heavy (non-hydrogen) atoms. The highest BCUT2D eigenvalue weighted by atomic mass is 32.2. The standard InChI is InChI=1S/C25H30N4O4S/c1-16-23-19(15-32-25(5,6)33-23)20(14-26-16)28-22-12-11-17(13-27-22)18-9-7-8-10-21(18)34(30,31)29-24(2,3)4/h7-14,29H,15H2,1-6H3,(H,27,28). The van der Waals surface area contributed by atoms with E-state index in [2.05, 4.69) is 20.0 Å². The summed E-state index contributed by atoms with van der Waals surface area (Å²) in [5, 5.41) is 3.28. The van der Waals surface area contributed by atoms with Crippen molar-refractivity contribution in [2.24, 2.45) is 0 Å². The fourth-order valence-corrected chi connectivity index (χ4v) is 5.36. The molecule has 3 heterocycles. The molecule has 0 fully saturated rings. The summed E-state index contributed by atoms with van der Waals surface area (Å²) in [5.74, 6) is 0.589. The lowest BCUT2D eigenvalue weighted by Crippen LogP contribution is -2.40. The number of anilines is 2. The summed E-state index contributed by atoms with van der Waals surface area (Å²) in [7, 11) is -3.71. The van der Waals surface area contributed by atoms with E-state index in [-0.39, 0.29) is 4.90 Å². The van der Waals surface area contributed by atoms with E-state index < -0.39 is 21.3 Å². The monoisotopic (exact) mass is 482 g/mol. The number of aryl methyl sites for hydroxylation is 1. The van der Waals surface area contributed by atoms with E-state index in [1.165, 1.54) is 0 Å². The van der Waals surface area contributed by atoms with E-state index in [1.54, 1.807) is 36.7 Å². The summed E-state index contributed by atoms with van der Waals surface area (Å²) in [6.07, 6.45) is 3.38. The van der Waals surface area contributed by atoms with E-state index in [0.717, 1.165) is 16.9 Å². The minimum atomic E-state index is -3.71. The van der Waals surface area contributed by atoms with Crippen LogP contribution < -0.4 is 14.8 Å². The smallest absolute Gasteiger partial charge is 0.241 e. The van der Waals surface area contributed by atoms with Crippen LogP contribution in [0.2, 0.25) is 0 Å². The van der Waals surface area contributed by atoms with Gasteiger partial charge in [0, 0.05) is 42.3 Å². The predicted octanol–water partition coefficient (Wildman–Crippen LogP) is 4.92. The number of fused-ring (bicyclic) bond motifs is 1. The molecule has 0 aliphatic carbocycles. The van der Waals surface area contributed by atoms with Gasteiger partial charge in [-0.25, -0.2) is 18.1 Å². The third-order valence-electron chi connectivity index (χ3n) is 5.18. The Balaban J connectivity index is 1.62. The molecule has 2 N–H and O–H groups in total. The molecular formula is C25H30N4O4S. The van der Waals surface area contributed by atoms with Gasteiger partial charge in [-0.15, -0.1) is 0 Å². The van der Waals surface area contributed by atoms with Gasteiger partial charge in [0.15, 0.2) is 5.75 Å². The van der Waals surface area contributed by atoms with Gasteiger partial charge in [0.1, 0.15) is 5.82 Å². The molecular weight excluding hydrogens is 452 g/mol. The van der Waals surface area contributed by atoms with E-state index in [1.807, 2.05) is 53.7 Å². The Bertz CT molecular complexity index is 1310. The summed E-state index contributed by atoms with van der Waals surface area (Å²) >= 11 is 0. The minimum absolute atomic E-state index is 0.209. The zero-order valence-corrected chi connectivity index (χ0v) is 21.1. The highest BCUT2D eigenvalue weighted by Gasteiger charge is 2.31. The van der Waals surface area contributed by atoms with Crippen molar-refractivity contribution in [1.82, 2.24) is 14.7 Å². The average molecular weight is 483 g/mol.